The first kappa shape index (κ1) is 15.2. The number of aliphatic hydroxyl groups is 1. The van der Waals surface area contributed by atoms with Crippen LogP contribution in [0.2, 0.25) is 0 Å². The predicted octanol–water partition coefficient (Wildman–Crippen LogP) is 1.61. The van der Waals surface area contributed by atoms with Crippen LogP contribution in [0.4, 0.5) is 5.69 Å². The quantitative estimate of drug-likeness (QED) is 0.829. The molecular weight excluding hydrogens is 272 g/mol. The predicted molar refractivity (Wildman–Crippen MR) is 85.3 cm³/mol. The number of aliphatic hydroxyl groups excluding tert-OH is 1. The number of benzene rings is 1. The summed E-state index contributed by atoms with van der Waals surface area (Å²) in [4.78, 5) is 2.59. The fraction of sp³-hybridized carbons (Fsp3) is 0.533. The minimum atomic E-state index is -0.315. The first-order chi connectivity index (χ1) is 9.32. The van der Waals surface area contributed by atoms with E-state index >= 15 is 0 Å². The standard InChI is InChI=1S/C15H22N2O2S/c1-10-4-5-13(12(6-10)14(16)20)17-7-11(8-18)19-15(2,3)9-17/h4-6,11,18H,7-9H2,1-3H3,(H2,16,20). The maximum Gasteiger partial charge on any atom is 0.106 e. The monoisotopic (exact) mass is 294 g/mol. The molecule has 0 spiro atoms. The molecule has 0 saturated carbocycles. The molecule has 110 valence electrons. The van der Waals surface area contributed by atoms with Gasteiger partial charge in [0.2, 0.25) is 0 Å². The number of nitrogens with two attached hydrogens (primary N) is 1. The molecule has 2 rings (SSSR count). The van der Waals surface area contributed by atoms with Crippen LogP contribution in [0, 0.1) is 6.92 Å². The Morgan fingerprint density at radius 2 is 2.25 bits per heavy atom. The number of rotatable bonds is 3. The van der Waals surface area contributed by atoms with Crippen LogP contribution in [0.1, 0.15) is 25.0 Å². The topological polar surface area (TPSA) is 58.7 Å². The van der Waals surface area contributed by atoms with Crippen LogP contribution in [-0.4, -0.2) is 41.5 Å². The Hall–Kier alpha value is -1.17. The number of aryl methyl sites for hydroxylation is 1. The Labute approximate surface area is 125 Å². The SMILES string of the molecule is Cc1ccc(N2CC(CO)OC(C)(C)C2)c(C(N)=S)c1. The van der Waals surface area contributed by atoms with E-state index in [0.717, 1.165) is 23.4 Å². The van der Waals surface area contributed by atoms with Crippen molar-refractivity contribution in [1.82, 2.24) is 0 Å². The van der Waals surface area contributed by atoms with Crippen LogP contribution < -0.4 is 10.6 Å². The molecule has 4 nitrogen and oxygen atoms in total. The molecule has 1 aromatic carbocycles. The molecule has 5 heteroatoms. The normalized spacial score (nSPS) is 21.8. The van der Waals surface area contributed by atoms with Crippen LogP contribution in [0.5, 0.6) is 0 Å². The lowest BCUT2D eigenvalue weighted by molar-refractivity contribution is -0.101. The van der Waals surface area contributed by atoms with Gasteiger partial charge in [-0.05, 0) is 32.9 Å². The third kappa shape index (κ3) is 3.29. The molecule has 1 atom stereocenters. The average molecular weight is 294 g/mol. The van der Waals surface area contributed by atoms with E-state index in [1.807, 2.05) is 39.0 Å². The third-order valence-electron chi connectivity index (χ3n) is 3.44. The smallest absolute Gasteiger partial charge is 0.106 e. The van der Waals surface area contributed by atoms with E-state index in [1.165, 1.54) is 0 Å². The molecule has 0 bridgehead atoms. The average Bonchev–Trinajstić information content (AvgIpc) is 2.36. The van der Waals surface area contributed by atoms with Gasteiger partial charge in [-0.2, -0.15) is 0 Å². The number of ether oxygens (including phenoxy) is 1. The lowest BCUT2D eigenvalue weighted by Gasteiger charge is -2.44. The highest BCUT2D eigenvalue weighted by atomic mass is 32.1. The molecule has 1 fully saturated rings. The summed E-state index contributed by atoms with van der Waals surface area (Å²) in [6.45, 7) is 7.45. The summed E-state index contributed by atoms with van der Waals surface area (Å²) in [6.07, 6.45) is -0.195. The second-order valence-corrected chi connectivity index (χ2v) is 6.39. The van der Waals surface area contributed by atoms with Crippen LogP contribution in [-0.2, 0) is 4.74 Å². The minimum Gasteiger partial charge on any atom is -0.394 e. The molecule has 0 radical (unpaired) electrons. The van der Waals surface area contributed by atoms with Crippen molar-refractivity contribution in [3.8, 4) is 0 Å². The summed E-state index contributed by atoms with van der Waals surface area (Å²) in [6, 6.07) is 6.10. The van der Waals surface area contributed by atoms with Gasteiger partial charge in [0.1, 0.15) is 4.99 Å². The molecule has 1 unspecified atom stereocenters. The van der Waals surface area contributed by atoms with Gasteiger partial charge in [-0.15, -0.1) is 0 Å². The van der Waals surface area contributed by atoms with Gasteiger partial charge < -0.3 is 20.5 Å². The van der Waals surface area contributed by atoms with Crippen molar-refractivity contribution in [2.75, 3.05) is 24.6 Å². The zero-order chi connectivity index (χ0) is 14.9. The van der Waals surface area contributed by atoms with Crippen LogP contribution in [0.15, 0.2) is 18.2 Å². The highest BCUT2D eigenvalue weighted by Gasteiger charge is 2.34. The zero-order valence-electron chi connectivity index (χ0n) is 12.2. The Kier molecular flexibility index (Phi) is 4.32. The molecule has 1 heterocycles. The van der Waals surface area contributed by atoms with E-state index in [2.05, 4.69) is 4.90 Å². The summed E-state index contributed by atoms with van der Waals surface area (Å²) < 4.78 is 5.84. The van der Waals surface area contributed by atoms with E-state index in [0.29, 0.717) is 11.5 Å². The van der Waals surface area contributed by atoms with Gasteiger partial charge in [-0.3, -0.25) is 0 Å². The fourth-order valence-electron chi connectivity index (χ4n) is 2.70. The maximum atomic E-state index is 9.41. The van der Waals surface area contributed by atoms with E-state index in [4.69, 9.17) is 22.7 Å². The second-order valence-electron chi connectivity index (χ2n) is 5.95. The van der Waals surface area contributed by atoms with Crippen LogP contribution >= 0.6 is 12.2 Å². The first-order valence-electron chi connectivity index (χ1n) is 6.76. The number of morpholine rings is 1. The number of nitrogens with zero attached hydrogens (tertiary/aromatic N) is 1. The van der Waals surface area contributed by atoms with Gasteiger partial charge in [0.05, 0.1) is 18.3 Å². The van der Waals surface area contributed by atoms with Crippen molar-refractivity contribution in [3.05, 3.63) is 29.3 Å². The van der Waals surface area contributed by atoms with Crippen molar-refractivity contribution in [2.24, 2.45) is 5.73 Å². The van der Waals surface area contributed by atoms with Gasteiger partial charge in [-0.1, -0.05) is 23.8 Å². The Morgan fingerprint density at radius 1 is 1.55 bits per heavy atom. The molecule has 0 amide bonds. The summed E-state index contributed by atoms with van der Waals surface area (Å²) >= 11 is 5.16. The molecule has 1 saturated heterocycles. The Morgan fingerprint density at radius 3 is 2.85 bits per heavy atom. The molecule has 1 aromatic rings. The maximum absolute atomic E-state index is 9.41. The molecule has 1 aliphatic rings. The van der Waals surface area contributed by atoms with Gasteiger partial charge in [0.25, 0.3) is 0 Å². The summed E-state index contributed by atoms with van der Waals surface area (Å²) in [5.74, 6) is 0. The van der Waals surface area contributed by atoms with Crippen molar-refractivity contribution >= 4 is 22.9 Å². The number of hydrogen-bond donors (Lipinski definition) is 2. The van der Waals surface area contributed by atoms with Gasteiger partial charge >= 0.3 is 0 Å². The van der Waals surface area contributed by atoms with E-state index in [1.54, 1.807) is 0 Å². The van der Waals surface area contributed by atoms with Gasteiger partial charge in [0.15, 0.2) is 0 Å². The number of thiocarbonyl (C=S) groups is 1. The molecule has 20 heavy (non-hydrogen) atoms. The highest BCUT2D eigenvalue weighted by Crippen LogP contribution is 2.29. The highest BCUT2D eigenvalue weighted by molar-refractivity contribution is 7.80. The molecular formula is C15H22N2O2S. The largest absolute Gasteiger partial charge is 0.394 e. The Balaban J connectivity index is 2.37. The van der Waals surface area contributed by atoms with Gasteiger partial charge in [0, 0.05) is 24.3 Å². The lowest BCUT2D eigenvalue weighted by atomic mass is 10.0. The number of anilines is 1. The van der Waals surface area contributed by atoms with E-state index in [9.17, 15) is 5.11 Å². The van der Waals surface area contributed by atoms with Gasteiger partial charge in [-0.25, -0.2) is 0 Å². The molecule has 0 aliphatic carbocycles. The van der Waals surface area contributed by atoms with Crippen molar-refractivity contribution in [1.29, 1.82) is 0 Å². The van der Waals surface area contributed by atoms with Crippen molar-refractivity contribution in [2.45, 2.75) is 32.5 Å². The van der Waals surface area contributed by atoms with Crippen molar-refractivity contribution < 1.29 is 9.84 Å². The lowest BCUT2D eigenvalue weighted by Crippen LogP contribution is -2.54. The van der Waals surface area contributed by atoms with E-state index < -0.39 is 0 Å². The summed E-state index contributed by atoms with van der Waals surface area (Å²) in [7, 11) is 0. The number of hydrogen-bond acceptors (Lipinski definition) is 4. The van der Waals surface area contributed by atoms with Crippen molar-refractivity contribution in [3.63, 3.8) is 0 Å². The minimum absolute atomic E-state index is 0.00813. The van der Waals surface area contributed by atoms with Crippen LogP contribution in [0.25, 0.3) is 0 Å². The fourth-order valence-corrected chi connectivity index (χ4v) is 2.86. The first-order valence-corrected chi connectivity index (χ1v) is 7.17. The Bertz CT molecular complexity index is 517. The molecule has 3 N–H and O–H groups in total. The second kappa shape index (κ2) is 5.68. The summed E-state index contributed by atoms with van der Waals surface area (Å²) in [5.41, 5.74) is 8.56. The van der Waals surface area contributed by atoms with Crippen LogP contribution in [0.3, 0.4) is 0 Å². The third-order valence-corrected chi connectivity index (χ3v) is 3.66. The molecule has 0 aromatic heterocycles. The zero-order valence-corrected chi connectivity index (χ0v) is 13.0. The summed E-state index contributed by atoms with van der Waals surface area (Å²) in [5, 5.41) is 9.41. The van der Waals surface area contributed by atoms with E-state index in [-0.39, 0.29) is 18.3 Å². The molecule has 1 aliphatic heterocycles.